The van der Waals surface area contributed by atoms with E-state index in [1.54, 1.807) is 25.1 Å². The average molecular weight is 332 g/mol. The molecule has 0 aliphatic heterocycles. The van der Waals surface area contributed by atoms with Gasteiger partial charge in [-0.05, 0) is 31.0 Å². The van der Waals surface area contributed by atoms with Gasteiger partial charge < -0.3 is 9.72 Å². The molecule has 0 amide bonds. The molecule has 0 radical (unpaired) electrons. The Bertz CT molecular complexity index is 711. The maximum Gasteiger partial charge on any atom is 0.338 e. The van der Waals surface area contributed by atoms with Crippen LogP contribution in [0.25, 0.3) is 0 Å². The number of aromatic nitrogens is 2. The maximum absolute atomic E-state index is 11.6. The second-order valence-corrected chi connectivity index (χ2v) is 5.96. The van der Waals surface area contributed by atoms with Crippen molar-refractivity contribution in [3.05, 3.63) is 57.5 Å². The third-order valence-electron chi connectivity index (χ3n) is 3.12. The summed E-state index contributed by atoms with van der Waals surface area (Å²) >= 11 is 1.47. The molecule has 122 valence electrons. The smallest absolute Gasteiger partial charge is 0.338 e. The van der Waals surface area contributed by atoms with Crippen LogP contribution in [0.2, 0.25) is 0 Å². The van der Waals surface area contributed by atoms with E-state index in [0.29, 0.717) is 23.1 Å². The van der Waals surface area contributed by atoms with Crippen molar-refractivity contribution in [3.63, 3.8) is 0 Å². The molecule has 0 aliphatic carbocycles. The summed E-state index contributed by atoms with van der Waals surface area (Å²) in [6.45, 7) is 4.20. The summed E-state index contributed by atoms with van der Waals surface area (Å²) in [5.74, 6) is 0.353. The Hall–Kier alpha value is -2.08. The Morgan fingerprint density at radius 3 is 2.65 bits per heavy atom. The summed E-state index contributed by atoms with van der Waals surface area (Å²) in [7, 11) is 0. The second-order valence-electron chi connectivity index (χ2n) is 5.00. The molecule has 0 atom stereocenters. The molecule has 1 aromatic carbocycles. The predicted molar refractivity (Wildman–Crippen MR) is 90.8 cm³/mol. The van der Waals surface area contributed by atoms with Crippen molar-refractivity contribution in [2.45, 2.75) is 37.6 Å². The van der Waals surface area contributed by atoms with Crippen LogP contribution in [-0.4, -0.2) is 22.5 Å². The zero-order valence-electron chi connectivity index (χ0n) is 13.3. The topological polar surface area (TPSA) is 72.0 Å². The molecule has 6 heteroatoms. The monoisotopic (exact) mass is 332 g/mol. The number of hydrogen-bond donors (Lipinski definition) is 1. The van der Waals surface area contributed by atoms with Gasteiger partial charge in [-0.2, -0.15) is 0 Å². The van der Waals surface area contributed by atoms with Gasteiger partial charge in [-0.15, -0.1) is 0 Å². The van der Waals surface area contributed by atoms with Gasteiger partial charge in [0.2, 0.25) is 0 Å². The number of thioether (sulfide) groups is 1. The van der Waals surface area contributed by atoms with Crippen molar-refractivity contribution in [2.75, 3.05) is 6.61 Å². The van der Waals surface area contributed by atoms with Crippen LogP contribution < -0.4 is 5.56 Å². The van der Waals surface area contributed by atoms with Crippen molar-refractivity contribution in [2.24, 2.45) is 0 Å². The molecule has 1 aromatic heterocycles. The van der Waals surface area contributed by atoms with E-state index in [0.717, 1.165) is 24.1 Å². The first-order valence-corrected chi connectivity index (χ1v) is 8.60. The van der Waals surface area contributed by atoms with E-state index >= 15 is 0 Å². The first-order chi connectivity index (χ1) is 11.1. The largest absolute Gasteiger partial charge is 0.462 e. The highest BCUT2D eigenvalue weighted by molar-refractivity contribution is 7.98. The van der Waals surface area contributed by atoms with Gasteiger partial charge in [-0.3, -0.25) is 4.79 Å². The molecule has 2 aromatic rings. The minimum absolute atomic E-state index is 0.122. The number of hydrogen-bond acceptors (Lipinski definition) is 5. The molecule has 0 saturated heterocycles. The lowest BCUT2D eigenvalue weighted by atomic mass is 10.1. The third-order valence-corrected chi connectivity index (χ3v) is 4.06. The van der Waals surface area contributed by atoms with Gasteiger partial charge in [0.1, 0.15) is 0 Å². The highest BCUT2D eigenvalue weighted by atomic mass is 32.2. The maximum atomic E-state index is 11.6. The molecule has 0 aliphatic rings. The number of aryl methyl sites for hydroxylation is 1. The SMILES string of the molecule is CCCc1cc(=O)[nH]c(SCc2ccc(C(=O)OCC)cc2)n1. The number of carbonyl (C=O) groups excluding carboxylic acids is 1. The summed E-state index contributed by atoms with van der Waals surface area (Å²) < 4.78 is 4.95. The minimum atomic E-state index is -0.315. The van der Waals surface area contributed by atoms with Crippen molar-refractivity contribution >= 4 is 17.7 Å². The Balaban J connectivity index is 2.01. The molecule has 0 fully saturated rings. The summed E-state index contributed by atoms with van der Waals surface area (Å²) in [4.78, 5) is 30.4. The van der Waals surface area contributed by atoms with Gasteiger partial charge in [0, 0.05) is 17.5 Å². The van der Waals surface area contributed by atoms with Crippen molar-refractivity contribution < 1.29 is 9.53 Å². The molecular weight excluding hydrogens is 312 g/mol. The second kappa shape index (κ2) is 8.53. The van der Waals surface area contributed by atoms with E-state index in [2.05, 4.69) is 16.9 Å². The summed E-state index contributed by atoms with van der Waals surface area (Å²) in [6, 6.07) is 8.80. The zero-order valence-corrected chi connectivity index (χ0v) is 14.1. The van der Waals surface area contributed by atoms with Crippen LogP contribution in [0.3, 0.4) is 0 Å². The molecule has 0 spiro atoms. The number of esters is 1. The number of benzene rings is 1. The van der Waals surface area contributed by atoms with Crippen molar-refractivity contribution in [1.82, 2.24) is 9.97 Å². The molecule has 2 rings (SSSR count). The molecule has 0 unspecified atom stereocenters. The molecule has 23 heavy (non-hydrogen) atoms. The first kappa shape index (κ1) is 17.3. The highest BCUT2D eigenvalue weighted by Crippen LogP contribution is 2.19. The molecular formula is C17H20N2O3S. The van der Waals surface area contributed by atoms with Gasteiger partial charge in [0.25, 0.3) is 5.56 Å². The number of nitrogens with zero attached hydrogens (tertiary/aromatic N) is 1. The Morgan fingerprint density at radius 1 is 1.26 bits per heavy atom. The van der Waals surface area contributed by atoms with E-state index in [-0.39, 0.29) is 11.5 Å². The fourth-order valence-corrected chi connectivity index (χ4v) is 2.89. The van der Waals surface area contributed by atoms with Crippen LogP contribution in [0.5, 0.6) is 0 Å². The van der Waals surface area contributed by atoms with E-state index in [1.165, 1.54) is 11.8 Å². The number of rotatable bonds is 7. The molecule has 1 heterocycles. The van der Waals surface area contributed by atoms with Crippen molar-refractivity contribution in [1.29, 1.82) is 0 Å². The van der Waals surface area contributed by atoms with Crippen LogP contribution in [0.15, 0.2) is 40.3 Å². The lowest BCUT2D eigenvalue weighted by molar-refractivity contribution is 0.0526. The summed E-state index contributed by atoms with van der Waals surface area (Å²) in [6.07, 6.45) is 1.75. The van der Waals surface area contributed by atoms with Gasteiger partial charge in [0.05, 0.1) is 12.2 Å². The van der Waals surface area contributed by atoms with Gasteiger partial charge in [0.15, 0.2) is 5.16 Å². The average Bonchev–Trinajstić information content (AvgIpc) is 2.53. The van der Waals surface area contributed by atoms with E-state index in [9.17, 15) is 9.59 Å². The van der Waals surface area contributed by atoms with Gasteiger partial charge >= 0.3 is 5.97 Å². The fraction of sp³-hybridized carbons (Fsp3) is 0.353. The number of H-pyrrole nitrogens is 1. The number of carbonyl (C=O) groups is 1. The zero-order chi connectivity index (χ0) is 16.7. The molecule has 1 N–H and O–H groups in total. The Labute approximate surface area is 139 Å². The Kier molecular flexibility index (Phi) is 6.40. The van der Waals surface area contributed by atoms with Crippen LogP contribution >= 0.6 is 11.8 Å². The highest BCUT2D eigenvalue weighted by Gasteiger charge is 2.07. The van der Waals surface area contributed by atoms with E-state index in [1.807, 2.05) is 12.1 Å². The lowest BCUT2D eigenvalue weighted by Crippen LogP contribution is -2.10. The van der Waals surface area contributed by atoms with E-state index in [4.69, 9.17) is 4.74 Å². The molecule has 0 saturated carbocycles. The fourth-order valence-electron chi connectivity index (χ4n) is 2.04. The van der Waals surface area contributed by atoms with Crippen LogP contribution in [-0.2, 0) is 16.9 Å². The van der Waals surface area contributed by atoms with Crippen LogP contribution in [0.4, 0.5) is 0 Å². The number of aromatic amines is 1. The minimum Gasteiger partial charge on any atom is -0.462 e. The molecule has 0 bridgehead atoms. The summed E-state index contributed by atoms with van der Waals surface area (Å²) in [5.41, 5.74) is 2.28. The standard InChI is InChI=1S/C17H20N2O3S/c1-3-5-14-10-15(20)19-17(18-14)23-11-12-6-8-13(9-7-12)16(21)22-4-2/h6-10H,3-5,11H2,1-2H3,(H,18,19,20). The molecule has 5 nitrogen and oxygen atoms in total. The normalized spacial score (nSPS) is 10.5. The predicted octanol–water partition coefficient (Wildman–Crippen LogP) is 3.19. The third kappa shape index (κ3) is 5.25. The summed E-state index contributed by atoms with van der Waals surface area (Å²) in [5, 5.41) is 0.621. The van der Waals surface area contributed by atoms with Gasteiger partial charge in [-0.1, -0.05) is 37.2 Å². The Morgan fingerprint density at radius 2 is 2.00 bits per heavy atom. The van der Waals surface area contributed by atoms with E-state index < -0.39 is 0 Å². The van der Waals surface area contributed by atoms with Gasteiger partial charge in [-0.25, -0.2) is 9.78 Å². The first-order valence-electron chi connectivity index (χ1n) is 7.61. The quantitative estimate of drug-likeness (QED) is 0.479. The lowest BCUT2D eigenvalue weighted by Gasteiger charge is -2.05. The van der Waals surface area contributed by atoms with Crippen LogP contribution in [0.1, 0.15) is 41.9 Å². The van der Waals surface area contributed by atoms with Crippen LogP contribution in [0, 0.1) is 0 Å². The number of ether oxygens (including phenoxy) is 1. The number of nitrogens with one attached hydrogen (secondary N) is 1. The van der Waals surface area contributed by atoms with Crippen molar-refractivity contribution in [3.8, 4) is 0 Å².